The van der Waals surface area contributed by atoms with E-state index in [0.29, 0.717) is 0 Å². The molecular weight excluding hydrogens is 292 g/mol. The summed E-state index contributed by atoms with van der Waals surface area (Å²) in [6.07, 6.45) is -0.307. The third-order valence-electron chi connectivity index (χ3n) is 2.87. The smallest absolute Gasteiger partial charge is 0.326 e. The first-order chi connectivity index (χ1) is 10.4. The van der Waals surface area contributed by atoms with E-state index in [9.17, 15) is 19.2 Å². The molecule has 0 aromatic heterocycles. The van der Waals surface area contributed by atoms with Crippen LogP contribution in [0.3, 0.4) is 0 Å². The number of hydrogen-bond acceptors (Lipinski definition) is 4. The predicted octanol–water partition coefficient (Wildman–Crippen LogP) is -0.612. The van der Waals surface area contributed by atoms with Crippen molar-refractivity contribution in [2.24, 2.45) is 0 Å². The van der Waals surface area contributed by atoms with Crippen LogP contribution in [0.15, 0.2) is 30.3 Å². The van der Waals surface area contributed by atoms with Gasteiger partial charge in [-0.05, 0) is 5.56 Å². The van der Waals surface area contributed by atoms with Gasteiger partial charge in [-0.1, -0.05) is 30.3 Å². The van der Waals surface area contributed by atoms with Gasteiger partial charge in [0, 0.05) is 6.42 Å². The molecule has 0 aliphatic rings. The minimum atomic E-state index is -1.40. The van der Waals surface area contributed by atoms with Crippen molar-refractivity contribution in [2.45, 2.75) is 24.9 Å². The lowest BCUT2D eigenvalue weighted by atomic mass is 10.1. The van der Waals surface area contributed by atoms with Gasteiger partial charge < -0.3 is 20.8 Å². The number of aliphatic carboxylic acids is 2. The highest BCUT2D eigenvalue weighted by Crippen LogP contribution is 2.04. The monoisotopic (exact) mass is 308 g/mol. The van der Waals surface area contributed by atoms with Crippen LogP contribution in [-0.2, 0) is 25.6 Å². The number of nitrogens with one attached hydrogen (secondary N) is 2. The Balaban J connectivity index is 2.66. The molecule has 0 bridgehead atoms. The maximum Gasteiger partial charge on any atom is 0.326 e. The number of carboxylic acids is 2. The van der Waals surface area contributed by atoms with Gasteiger partial charge in [-0.15, -0.1) is 0 Å². The molecule has 0 saturated heterocycles. The van der Waals surface area contributed by atoms with E-state index >= 15 is 0 Å². The van der Waals surface area contributed by atoms with Crippen LogP contribution < -0.4 is 10.6 Å². The zero-order valence-electron chi connectivity index (χ0n) is 11.6. The Morgan fingerprint density at radius 2 is 1.64 bits per heavy atom. The summed E-state index contributed by atoms with van der Waals surface area (Å²) in [5.41, 5.74) is 0.719. The van der Waals surface area contributed by atoms with Crippen LogP contribution in [0, 0.1) is 0 Å². The minimum absolute atomic E-state index is 0.0702. The summed E-state index contributed by atoms with van der Waals surface area (Å²) in [6, 6.07) is 6.12. The third-order valence-corrected chi connectivity index (χ3v) is 2.87. The number of carboxylic acid groups (broad SMARTS) is 2. The van der Waals surface area contributed by atoms with Crippen molar-refractivity contribution in [2.75, 3.05) is 0 Å². The van der Waals surface area contributed by atoms with Gasteiger partial charge in [-0.3, -0.25) is 9.59 Å². The van der Waals surface area contributed by atoms with Gasteiger partial charge in [-0.2, -0.15) is 0 Å². The lowest BCUT2D eigenvalue weighted by Crippen LogP contribution is -2.46. The molecule has 2 amide bonds. The van der Waals surface area contributed by atoms with Crippen LogP contribution in [0.4, 0.5) is 0 Å². The van der Waals surface area contributed by atoms with Crippen molar-refractivity contribution in [1.29, 1.82) is 0 Å². The second-order valence-corrected chi connectivity index (χ2v) is 4.53. The maximum atomic E-state index is 11.7. The highest BCUT2D eigenvalue weighted by molar-refractivity contribution is 5.88. The largest absolute Gasteiger partial charge is 0.480 e. The molecule has 0 fully saturated rings. The van der Waals surface area contributed by atoms with Crippen molar-refractivity contribution >= 4 is 24.3 Å². The van der Waals surface area contributed by atoms with Crippen LogP contribution in [-0.4, -0.2) is 46.6 Å². The number of amides is 2. The fraction of sp³-hybridized carbons (Fsp3) is 0.286. The zero-order chi connectivity index (χ0) is 16.5. The Bertz CT molecular complexity index is 546. The Hall–Kier alpha value is -2.90. The van der Waals surface area contributed by atoms with Gasteiger partial charge in [0.1, 0.15) is 12.1 Å². The van der Waals surface area contributed by atoms with E-state index in [1.54, 1.807) is 30.3 Å². The molecule has 22 heavy (non-hydrogen) atoms. The van der Waals surface area contributed by atoms with Crippen molar-refractivity contribution in [3.63, 3.8) is 0 Å². The predicted molar refractivity (Wildman–Crippen MR) is 75.0 cm³/mol. The summed E-state index contributed by atoms with van der Waals surface area (Å²) in [6.45, 7) is 0. The maximum absolute atomic E-state index is 11.7. The van der Waals surface area contributed by atoms with E-state index in [0.717, 1.165) is 5.56 Å². The second-order valence-electron chi connectivity index (χ2n) is 4.53. The minimum Gasteiger partial charge on any atom is -0.480 e. The molecule has 0 saturated carbocycles. The summed E-state index contributed by atoms with van der Waals surface area (Å²) >= 11 is 0. The first kappa shape index (κ1) is 17.2. The van der Waals surface area contributed by atoms with Crippen LogP contribution >= 0.6 is 0 Å². The first-order valence-electron chi connectivity index (χ1n) is 6.42. The fourth-order valence-electron chi connectivity index (χ4n) is 1.79. The standard InChI is InChI=1S/C14H16N2O6/c17-8-15-10(13(19)20)7-12(18)16-11(14(21)22)6-9-4-2-1-3-5-9/h1-5,8,10-11H,6-7H2,(H,15,17)(H,16,18)(H,19,20)(H,21,22)/t10?,11-/m0/s1. The molecule has 1 unspecified atom stereocenters. The summed E-state index contributed by atoms with van der Waals surface area (Å²) in [7, 11) is 0. The van der Waals surface area contributed by atoms with Gasteiger partial charge in [-0.25, -0.2) is 9.59 Å². The van der Waals surface area contributed by atoms with Crippen LogP contribution in [0.1, 0.15) is 12.0 Å². The van der Waals surface area contributed by atoms with E-state index < -0.39 is 36.4 Å². The summed E-state index contributed by atoms with van der Waals surface area (Å²) in [5.74, 6) is -3.38. The Labute approximate surface area is 126 Å². The molecule has 0 aliphatic carbocycles. The van der Waals surface area contributed by atoms with Gasteiger partial charge in [0.2, 0.25) is 12.3 Å². The normalized spacial score (nSPS) is 12.7. The van der Waals surface area contributed by atoms with Gasteiger partial charge >= 0.3 is 11.9 Å². The SMILES string of the molecule is O=CNC(CC(=O)N[C@@H](Cc1ccccc1)C(=O)O)C(=O)O. The molecule has 8 heteroatoms. The molecule has 1 aromatic carbocycles. The first-order valence-corrected chi connectivity index (χ1v) is 6.42. The van der Waals surface area contributed by atoms with Crippen molar-refractivity contribution in [1.82, 2.24) is 10.6 Å². The fourth-order valence-corrected chi connectivity index (χ4v) is 1.79. The van der Waals surface area contributed by atoms with Crippen LogP contribution in [0.5, 0.6) is 0 Å². The lowest BCUT2D eigenvalue weighted by Gasteiger charge is -2.16. The molecule has 118 valence electrons. The van der Waals surface area contributed by atoms with E-state index in [1.165, 1.54) is 0 Å². The Morgan fingerprint density at radius 3 is 2.14 bits per heavy atom. The van der Waals surface area contributed by atoms with E-state index in [2.05, 4.69) is 5.32 Å². The zero-order valence-corrected chi connectivity index (χ0v) is 11.6. The van der Waals surface area contributed by atoms with Crippen molar-refractivity contribution < 1.29 is 29.4 Å². The Kier molecular flexibility index (Phi) is 6.55. The van der Waals surface area contributed by atoms with Crippen LogP contribution in [0.2, 0.25) is 0 Å². The number of rotatable bonds is 9. The second kappa shape index (κ2) is 8.40. The topological polar surface area (TPSA) is 133 Å². The number of carbonyl (C=O) groups is 4. The van der Waals surface area contributed by atoms with Crippen molar-refractivity contribution in [3.05, 3.63) is 35.9 Å². The molecule has 0 heterocycles. The summed E-state index contributed by atoms with van der Waals surface area (Å²) in [4.78, 5) is 44.0. The number of carbonyl (C=O) groups excluding carboxylic acids is 2. The van der Waals surface area contributed by atoms with Gasteiger partial charge in [0.15, 0.2) is 0 Å². The average Bonchev–Trinajstić information content (AvgIpc) is 2.47. The highest BCUT2D eigenvalue weighted by atomic mass is 16.4. The van der Waals surface area contributed by atoms with Gasteiger partial charge in [0.25, 0.3) is 0 Å². The lowest BCUT2D eigenvalue weighted by molar-refractivity contribution is -0.143. The van der Waals surface area contributed by atoms with E-state index in [1.807, 2.05) is 5.32 Å². The summed E-state index contributed by atoms with van der Waals surface area (Å²) in [5, 5.41) is 22.2. The molecule has 0 spiro atoms. The molecule has 1 rings (SSSR count). The van der Waals surface area contributed by atoms with Crippen LogP contribution in [0.25, 0.3) is 0 Å². The average molecular weight is 308 g/mol. The van der Waals surface area contributed by atoms with Crippen molar-refractivity contribution in [3.8, 4) is 0 Å². The van der Waals surface area contributed by atoms with E-state index in [-0.39, 0.29) is 12.8 Å². The third kappa shape index (κ3) is 5.61. The molecule has 0 aliphatic heterocycles. The molecule has 1 aromatic rings. The quantitative estimate of drug-likeness (QED) is 0.450. The van der Waals surface area contributed by atoms with Gasteiger partial charge in [0.05, 0.1) is 6.42 Å². The molecule has 0 radical (unpaired) electrons. The molecular formula is C14H16N2O6. The number of hydrogen-bond donors (Lipinski definition) is 4. The number of benzene rings is 1. The molecule has 8 nitrogen and oxygen atoms in total. The van der Waals surface area contributed by atoms with E-state index in [4.69, 9.17) is 10.2 Å². The highest BCUT2D eigenvalue weighted by Gasteiger charge is 2.25. The molecule has 2 atom stereocenters. The summed E-state index contributed by atoms with van der Waals surface area (Å²) < 4.78 is 0. The Morgan fingerprint density at radius 1 is 1.05 bits per heavy atom. The molecule has 4 N–H and O–H groups in total.